The molecule has 3 aromatic rings. The first kappa shape index (κ1) is 16.6. The zero-order valence-corrected chi connectivity index (χ0v) is 16.0. The van der Waals surface area contributed by atoms with Crippen molar-refractivity contribution in [2.24, 2.45) is 0 Å². The predicted molar refractivity (Wildman–Crippen MR) is 93.6 cm³/mol. The molecule has 0 atom stereocenters. The first-order valence-electron chi connectivity index (χ1n) is 6.23. The molecule has 0 saturated carbocycles. The molecule has 0 unspecified atom stereocenters. The molecular formula is C14H7Br2ClN2O3S. The number of thiophene rings is 1. The quantitative estimate of drug-likeness (QED) is 0.474. The average molecular weight is 479 g/mol. The third-order valence-electron chi connectivity index (χ3n) is 2.73. The van der Waals surface area contributed by atoms with Crippen LogP contribution in [0.1, 0.15) is 15.6 Å². The van der Waals surface area contributed by atoms with Gasteiger partial charge in [-0.2, -0.15) is 0 Å². The van der Waals surface area contributed by atoms with Crippen LogP contribution in [0.3, 0.4) is 0 Å². The number of aromatic nitrogens is 2. The van der Waals surface area contributed by atoms with E-state index in [0.29, 0.717) is 15.8 Å². The second-order valence-corrected chi connectivity index (χ2v) is 7.98. The number of esters is 1. The van der Waals surface area contributed by atoms with Crippen LogP contribution in [-0.4, -0.2) is 16.2 Å². The summed E-state index contributed by atoms with van der Waals surface area (Å²) in [7, 11) is 0. The molecule has 0 aliphatic rings. The molecule has 0 fully saturated rings. The van der Waals surface area contributed by atoms with Gasteiger partial charge in [0.15, 0.2) is 6.61 Å². The van der Waals surface area contributed by atoms with Crippen molar-refractivity contribution in [1.82, 2.24) is 10.2 Å². The molecule has 118 valence electrons. The minimum Gasteiger partial charge on any atom is -0.451 e. The second kappa shape index (κ2) is 7.12. The molecule has 0 radical (unpaired) electrons. The normalized spacial score (nSPS) is 10.7. The van der Waals surface area contributed by atoms with Crippen LogP contribution in [0.2, 0.25) is 5.02 Å². The van der Waals surface area contributed by atoms with E-state index in [-0.39, 0.29) is 12.5 Å². The van der Waals surface area contributed by atoms with Crippen molar-refractivity contribution in [1.29, 1.82) is 0 Å². The maximum Gasteiger partial charge on any atom is 0.348 e. The molecule has 0 saturated heterocycles. The second-order valence-electron chi connectivity index (χ2n) is 4.32. The third-order valence-corrected chi connectivity index (χ3v) is 6.22. The number of benzene rings is 1. The molecular weight excluding hydrogens is 471 g/mol. The molecule has 3 rings (SSSR count). The molecule has 0 aliphatic carbocycles. The Balaban J connectivity index is 1.65. The van der Waals surface area contributed by atoms with Crippen molar-refractivity contribution in [3.8, 4) is 11.5 Å². The summed E-state index contributed by atoms with van der Waals surface area (Å²) in [6.07, 6.45) is 0. The van der Waals surface area contributed by atoms with E-state index in [1.54, 1.807) is 30.3 Å². The highest BCUT2D eigenvalue weighted by Crippen LogP contribution is 2.32. The van der Waals surface area contributed by atoms with Crippen LogP contribution in [0, 0.1) is 0 Å². The van der Waals surface area contributed by atoms with Gasteiger partial charge in [0, 0.05) is 15.1 Å². The fourth-order valence-corrected chi connectivity index (χ4v) is 3.72. The number of ether oxygens (including phenoxy) is 1. The van der Waals surface area contributed by atoms with E-state index in [2.05, 4.69) is 42.1 Å². The van der Waals surface area contributed by atoms with E-state index >= 15 is 0 Å². The van der Waals surface area contributed by atoms with Gasteiger partial charge in [-0.05, 0) is 62.2 Å². The summed E-state index contributed by atoms with van der Waals surface area (Å²) in [5.41, 5.74) is 0.741. The van der Waals surface area contributed by atoms with Gasteiger partial charge in [0.1, 0.15) is 4.88 Å². The van der Waals surface area contributed by atoms with Crippen molar-refractivity contribution in [3.05, 3.63) is 54.4 Å². The largest absolute Gasteiger partial charge is 0.451 e. The molecule has 0 spiro atoms. The highest BCUT2D eigenvalue weighted by molar-refractivity contribution is 9.13. The van der Waals surface area contributed by atoms with Gasteiger partial charge < -0.3 is 9.15 Å². The Hall–Kier alpha value is -1.22. The molecule has 0 aliphatic heterocycles. The summed E-state index contributed by atoms with van der Waals surface area (Å²) < 4.78 is 12.3. The highest BCUT2D eigenvalue weighted by Gasteiger charge is 2.15. The van der Waals surface area contributed by atoms with Gasteiger partial charge in [-0.3, -0.25) is 0 Å². The van der Waals surface area contributed by atoms with E-state index in [1.807, 2.05) is 0 Å². The third kappa shape index (κ3) is 4.00. The van der Waals surface area contributed by atoms with Gasteiger partial charge in [0.25, 0.3) is 5.89 Å². The number of hydrogen-bond acceptors (Lipinski definition) is 6. The van der Waals surface area contributed by atoms with E-state index < -0.39 is 5.97 Å². The number of carbonyl (C=O) groups is 1. The summed E-state index contributed by atoms with van der Waals surface area (Å²) in [5, 5.41) is 8.40. The van der Waals surface area contributed by atoms with Gasteiger partial charge in [-0.1, -0.05) is 11.6 Å². The number of carbonyl (C=O) groups excluding carboxylic acids is 1. The topological polar surface area (TPSA) is 65.2 Å². The summed E-state index contributed by atoms with van der Waals surface area (Å²) in [5.74, 6) is 0.111. The molecule has 0 amide bonds. The maximum absolute atomic E-state index is 11.9. The summed E-state index contributed by atoms with van der Waals surface area (Å²) >= 11 is 13.8. The van der Waals surface area contributed by atoms with Crippen LogP contribution in [0.15, 0.2) is 43.0 Å². The van der Waals surface area contributed by atoms with Gasteiger partial charge >= 0.3 is 5.97 Å². The zero-order chi connectivity index (χ0) is 16.4. The average Bonchev–Trinajstić information content (AvgIpc) is 3.13. The maximum atomic E-state index is 11.9. The number of nitrogens with zero attached hydrogens (tertiary/aromatic N) is 2. The van der Waals surface area contributed by atoms with Gasteiger partial charge in [-0.15, -0.1) is 21.5 Å². The Labute approximate surface area is 156 Å². The van der Waals surface area contributed by atoms with E-state index in [0.717, 1.165) is 13.8 Å². The smallest absolute Gasteiger partial charge is 0.348 e. The van der Waals surface area contributed by atoms with Crippen LogP contribution in [0.25, 0.3) is 11.5 Å². The Morgan fingerprint density at radius 2 is 2.00 bits per heavy atom. The van der Waals surface area contributed by atoms with Crippen molar-refractivity contribution in [2.75, 3.05) is 0 Å². The number of hydrogen-bond donors (Lipinski definition) is 0. The Morgan fingerprint density at radius 3 is 2.65 bits per heavy atom. The lowest BCUT2D eigenvalue weighted by atomic mass is 10.2. The Morgan fingerprint density at radius 1 is 1.26 bits per heavy atom. The molecule has 0 bridgehead atoms. The molecule has 5 nitrogen and oxygen atoms in total. The van der Waals surface area contributed by atoms with Crippen LogP contribution in [0.4, 0.5) is 0 Å². The standard InChI is InChI=1S/C14H7Br2ClN2O3S/c15-9-5-10(23-12(9)16)14(20)21-6-11-18-19-13(22-11)7-1-3-8(17)4-2-7/h1-5H,6H2. The number of halogens is 3. The SMILES string of the molecule is O=C(OCc1nnc(-c2ccc(Cl)cc2)o1)c1cc(Br)c(Br)s1. The fourth-order valence-electron chi connectivity index (χ4n) is 1.67. The van der Waals surface area contributed by atoms with E-state index in [4.69, 9.17) is 20.8 Å². The van der Waals surface area contributed by atoms with Crippen molar-refractivity contribution in [3.63, 3.8) is 0 Å². The highest BCUT2D eigenvalue weighted by atomic mass is 79.9. The summed E-state index contributed by atoms with van der Waals surface area (Å²) in [6, 6.07) is 8.68. The van der Waals surface area contributed by atoms with Crippen molar-refractivity contribution in [2.45, 2.75) is 6.61 Å². The van der Waals surface area contributed by atoms with Crippen LogP contribution >= 0.6 is 54.8 Å². The van der Waals surface area contributed by atoms with Gasteiger partial charge in [-0.25, -0.2) is 4.79 Å². The van der Waals surface area contributed by atoms with Crippen LogP contribution in [0.5, 0.6) is 0 Å². The van der Waals surface area contributed by atoms with E-state index in [9.17, 15) is 4.79 Å². The lowest BCUT2D eigenvalue weighted by Crippen LogP contribution is -2.03. The first-order chi connectivity index (χ1) is 11.0. The van der Waals surface area contributed by atoms with Gasteiger partial charge in [0.05, 0.1) is 3.79 Å². The van der Waals surface area contributed by atoms with Crippen molar-refractivity contribution < 1.29 is 13.9 Å². The fraction of sp³-hybridized carbons (Fsp3) is 0.0714. The molecule has 1 aromatic carbocycles. The molecule has 2 aromatic heterocycles. The molecule has 9 heteroatoms. The Kier molecular flexibility index (Phi) is 5.15. The predicted octanol–water partition coefficient (Wildman–Crippen LogP) is 5.33. The lowest BCUT2D eigenvalue weighted by molar-refractivity contribution is 0.0444. The molecule has 0 N–H and O–H groups in total. The minimum absolute atomic E-state index is 0.0907. The van der Waals surface area contributed by atoms with E-state index in [1.165, 1.54) is 11.3 Å². The Bertz CT molecular complexity index is 829. The zero-order valence-electron chi connectivity index (χ0n) is 11.3. The molecule has 23 heavy (non-hydrogen) atoms. The molecule has 2 heterocycles. The van der Waals surface area contributed by atoms with Gasteiger partial charge in [0.2, 0.25) is 5.89 Å². The lowest BCUT2D eigenvalue weighted by Gasteiger charge is -1.98. The monoisotopic (exact) mass is 476 g/mol. The number of rotatable bonds is 4. The summed E-state index contributed by atoms with van der Waals surface area (Å²) in [4.78, 5) is 12.4. The summed E-state index contributed by atoms with van der Waals surface area (Å²) in [6.45, 7) is -0.0907. The minimum atomic E-state index is -0.451. The van der Waals surface area contributed by atoms with Crippen LogP contribution < -0.4 is 0 Å². The first-order valence-corrected chi connectivity index (χ1v) is 9.01. The van der Waals surface area contributed by atoms with Crippen molar-refractivity contribution >= 4 is 60.8 Å². The van der Waals surface area contributed by atoms with Crippen LogP contribution in [-0.2, 0) is 11.3 Å².